The summed E-state index contributed by atoms with van der Waals surface area (Å²) in [5.41, 5.74) is 1.89. The van der Waals surface area contributed by atoms with E-state index in [-0.39, 0.29) is 36.5 Å². The zero-order valence-corrected chi connectivity index (χ0v) is 15.5. The summed E-state index contributed by atoms with van der Waals surface area (Å²) in [6.07, 6.45) is 6.27. The van der Waals surface area contributed by atoms with Crippen LogP contribution in [0, 0.1) is 5.92 Å². The molecule has 1 aliphatic rings. The third kappa shape index (κ3) is 6.28. The Bertz CT molecular complexity index is 615. The van der Waals surface area contributed by atoms with Crippen molar-refractivity contribution in [2.24, 2.45) is 5.92 Å². The Kier molecular flexibility index (Phi) is 7.82. The van der Waals surface area contributed by atoms with E-state index in [9.17, 15) is 14.4 Å². The van der Waals surface area contributed by atoms with Gasteiger partial charge in [0.25, 0.3) is 0 Å². The highest BCUT2D eigenvalue weighted by Gasteiger charge is 2.26. The van der Waals surface area contributed by atoms with Gasteiger partial charge in [0.05, 0.1) is 5.92 Å². The predicted molar refractivity (Wildman–Crippen MR) is 100 cm³/mol. The van der Waals surface area contributed by atoms with E-state index in [0.29, 0.717) is 31.2 Å². The minimum absolute atomic E-state index is 0.0169. The number of rotatable bonds is 9. The summed E-state index contributed by atoms with van der Waals surface area (Å²) in [5.74, 6) is -1.18. The number of ketones is 1. The molecule has 1 aromatic rings. The summed E-state index contributed by atoms with van der Waals surface area (Å²) in [4.78, 5) is 35.2. The number of unbranched alkanes of at least 4 members (excludes halogenated alkanes) is 1. The maximum atomic E-state index is 12.2. The highest BCUT2D eigenvalue weighted by atomic mass is 16.4. The summed E-state index contributed by atoms with van der Waals surface area (Å²) in [6.45, 7) is 2.15. The van der Waals surface area contributed by atoms with E-state index in [4.69, 9.17) is 5.11 Å². The first-order chi connectivity index (χ1) is 12.5. The molecular formula is C21H29NO4. The van der Waals surface area contributed by atoms with Crippen LogP contribution >= 0.6 is 0 Å². The van der Waals surface area contributed by atoms with Gasteiger partial charge in [-0.1, -0.05) is 37.6 Å². The van der Waals surface area contributed by atoms with Crippen molar-refractivity contribution in [1.29, 1.82) is 0 Å². The first-order valence-electron chi connectivity index (χ1n) is 9.64. The molecule has 0 radical (unpaired) electrons. The van der Waals surface area contributed by atoms with Gasteiger partial charge in [-0.25, -0.2) is 0 Å². The average molecular weight is 359 g/mol. The molecule has 0 aliphatic heterocycles. The van der Waals surface area contributed by atoms with Crippen molar-refractivity contribution < 1.29 is 19.5 Å². The van der Waals surface area contributed by atoms with Gasteiger partial charge >= 0.3 is 5.97 Å². The van der Waals surface area contributed by atoms with Gasteiger partial charge in [0, 0.05) is 24.4 Å². The molecule has 2 N–H and O–H groups in total. The molecule has 1 aliphatic carbocycles. The minimum atomic E-state index is -0.749. The Hall–Kier alpha value is -2.17. The number of carbonyl (C=O) groups excluding carboxylic acids is 2. The maximum Gasteiger partial charge on any atom is 0.306 e. The first-order valence-corrected chi connectivity index (χ1v) is 9.64. The topological polar surface area (TPSA) is 83.5 Å². The molecule has 26 heavy (non-hydrogen) atoms. The number of aliphatic carboxylic acids is 1. The van der Waals surface area contributed by atoms with Crippen LogP contribution in [0.25, 0.3) is 0 Å². The van der Waals surface area contributed by atoms with Gasteiger partial charge in [-0.05, 0) is 44.1 Å². The molecule has 0 bridgehead atoms. The number of amides is 1. The lowest BCUT2D eigenvalue weighted by Crippen LogP contribution is -2.38. The van der Waals surface area contributed by atoms with Gasteiger partial charge in [-0.15, -0.1) is 0 Å². The molecule has 0 unspecified atom stereocenters. The number of aryl methyl sites for hydroxylation is 1. The van der Waals surface area contributed by atoms with Crippen LogP contribution in [0.1, 0.15) is 74.2 Å². The number of Topliss-reactive ketones (excluding diaryl/α,β-unsaturated/α-hetero) is 1. The predicted octanol–water partition coefficient (Wildman–Crippen LogP) is 3.75. The number of carboxylic acids is 1. The van der Waals surface area contributed by atoms with Crippen LogP contribution in [0.2, 0.25) is 0 Å². The Morgan fingerprint density at radius 1 is 1.04 bits per heavy atom. The third-order valence-corrected chi connectivity index (χ3v) is 5.12. The average Bonchev–Trinajstić information content (AvgIpc) is 2.65. The molecule has 0 spiro atoms. The number of carboxylic acid groups (broad SMARTS) is 1. The highest BCUT2D eigenvalue weighted by molar-refractivity contribution is 5.98. The van der Waals surface area contributed by atoms with Crippen LogP contribution < -0.4 is 5.32 Å². The van der Waals surface area contributed by atoms with Gasteiger partial charge in [0.2, 0.25) is 5.91 Å². The quantitative estimate of drug-likeness (QED) is 0.658. The molecule has 1 aromatic carbocycles. The molecule has 1 saturated carbocycles. The summed E-state index contributed by atoms with van der Waals surface area (Å²) in [6, 6.07) is 7.70. The van der Waals surface area contributed by atoms with E-state index in [1.165, 1.54) is 5.56 Å². The van der Waals surface area contributed by atoms with Crippen LogP contribution in [0.5, 0.6) is 0 Å². The molecule has 0 atom stereocenters. The highest BCUT2D eigenvalue weighted by Crippen LogP contribution is 2.24. The van der Waals surface area contributed by atoms with Crippen LogP contribution in [0.15, 0.2) is 24.3 Å². The second-order valence-electron chi connectivity index (χ2n) is 7.18. The van der Waals surface area contributed by atoms with Crippen molar-refractivity contribution in [2.75, 3.05) is 0 Å². The fourth-order valence-corrected chi connectivity index (χ4v) is 3.39. The van der Waals surface area contributed by atoms with Crippen molar-refractivity contribution in [3.8, 4) is 0 Å². The van der Waals surface area contributed by atoms with Crippen molar-refractivity contribution in [1.82, 2.24) is 5.32 Å². The molecule has 0 saturated heterocycles. The monoisotopic (exact) mass is 359 g/mol. The number of carbonyl (C=O) groups is 3. The molecule has 2 rings (SSSR count). The first kappa shape index (κ1) is 20.1. The van der Waals surface area contributed by atoms with Crippen LogP contribution in [0.4, 0.5) is 0 Å². The smallest absolute Gasteiger partial charge is 0.306 e. The molecule has 1 amide bonds. The fraction of sp³-hybridized carbons (Fsp3) is 0.571. The maximum absolute atomic E-state index is 12.2. The normalized spacial score (nSPS) is 19.7. The second-order valence-corrected chi connectivity index (χ2v) is 7.18. The second kappa shape index (κ2) is 10.1. The van der Waals surface area contributed by atoms with E-state index in [2.05, 4.69) is 12.2 Å². The van der Waals surface area contributed by atoms with Crippen molar-refractivity contribution in [3.05, 3.63) is 35.4 Å². The van der Waals surface area contributed by atoms with Gasteiger partial charge in [0.15, 0.2) is 5.78 Å². The van der Waals surface area contributed by atoms with Crippen LogP contribution in [0.3, 0.4) is 0 Å². The molecule has 5 heteroatoms. The van der Waals surface area contributed by atoms with Crippen molar-refractivity contribution in [3.63, 3.8) is 0 Å². The Morgan fingerprint density at radius 3 is 2.27 bits per heavy atom. The van der Waals surface area contributed by atoms with Crippen molar-refractivity contribution >= 4 is 17.7 Å². The summed E-state index contributed by atoms with van der Waals surface area (Å²) in [7, 11) is 0. The standard InChI is InChI=1S/C21H29NO4/c1-2-3-4-15-5-7-16(8-6-15)19(23)13-14-20(24)22-18-11-9-17(10-12-18)21(25)26/h5-8,17-18H,2-4,9-14H2,1H3,(H,22,24)(H,25,26). The number of benzene rings is 1. The lowest BCUT2D eigenvalue weighted by Gasteiger charge is -2.26. The number of nitrogens with one attached hydrogen (secondary N) is 1. The Morgan fingerprint density at radius 2 is 1.69 bits per heavy atom. The number of hydrogen-bond acceptors (Lipinski definition) is 3. The fourth-order valence-electron chi connectivity index (χ4n) is 3.39. The van der Waals surface area contributed by atoms with E-state index < -0.39 is 5.97 Å². The van der Waals surface area contributed by atoms with E-state index in [0.717, 1.165) is 19.3 Å². The van der Waals surface area contributed by atoms with E-state index in [1.807, 2.05) is 24.3 Å². The summed E-state index contributed by atoms with van der Waals surface area (Å²) < 4.78 is 0. The zero-order valence-electron chi connectivity index (χ0n) is 15.5. The molecule has 5 nitrogen and oxygen atoms in total. The van der Waals surface area contributed by atoms with Gasteiger partial charge in [-0.3, -0.25) is 14.4 Å². The summed E-state index contributed by atoms with van der Waals surface area (Å²) >= 11 is 0. The van der Waals surface area contributed by atoms with Crippen LogP contribution in [-0.2, 0) is 16.0 Å². The van der Waals surface area contributed by atoms with Gasteiger partial charge < -0.3 is 10.4 Å². The Balaban J connectivity index is 1.71. The van der Waals surface area contributed by atoms with E-state index in [1.54, 1.807) is 0 Å². The molecular weight excluding hydrogens is 330 g/mol. The van der Waals surface area contributed by atoms with Crippen LogP contribution in [-0.4, -0.2) is 28.8 Å². The van der Waals surface area contributed by atoms with Crippen molar-refractivity contribution in [2.45, 2.75) is 70.8 Å². The number of hydrogen-bond donors (Lipinski definition) is 2. The summed E-state index contributed by atoms with van der Waals surface area (Å²) in [5, 5.41) is 11.9. The molecule has 0 heterocycles. The van der Waals surface area contributed by atoms with Gasteiger partial charge in [-0.2, -0.15) is 0 Å². The largest absolute Gasteiger partial charge is 0.481 e. The Labute approximate surface area is 155 Å². The third-order valence-electron chi connectivity index (χ3n) is 5.12. The molecule has 0 aromatic heterocycles. The molecule has 1 fully saturated rings. The van der Waals surface area contributed by atoms with E-state index >= 15 is 0 Å². The molecule has 142 valence electrons. The minimum Gasteiger partial charge on any atom is -0.481 e. The SMILES string of the molecule is CCCCc1ccc(C(=O)CCC(=O)NC2CCC(C(=O)O)CC2)cc1. The lowest BCUT2D eigenvalue weighted by atomic mass is 9.86. The van der Waals surface area contributed by atoms with Gasteiger partial charge in [0.1, 0.15) is 0 Å². The zero-order chi connectivity index (χ0) is 18.9. The lowest BCUT2D eigenvalue weighted by molar-refractivity contribution is -0.142.